The van der Waals surface area contributed by atoms with Gasteiger partial charge in [0.2, 0.25) is 10.0 Å². The number of sulfonamides is 1. The van der Waals surface area contributed by atoms with Crippen molar-refractivity contribution in [2.45, 2.75) is 68.1 Å². The Labute approximate surface area is 208 Å². The fourth-order valence-electron chi connectivity index (χ4n) is 4.65. The molecule has 9 heteroatoms. The Morgan fingerprint density at radius 3 is 2.57 bits per heavy atom. The van der Waals surface area contributed by atoms with E-state index in [9.17, 15) is 12.6 Å². The summed E-state index contributed by atoms with van der Waals surface area (Å²) in [5, 5.41) is 10.5. The standard InChI is InChI=1S/C26H34N4O3S2/c1-17(2)18-12-19-16-29-10-7-21(19)24(13-18)34(27,31)11-8-26(3,4)20-14-23-22(6-5-9-30-23)25(15-20)35(28,32)33/h7,10,12-17,27,30H,5-6,8-9,11H2,1-4H3,(H2,28,32,33). The highest BCUT2D eigenvalue weighted by atomic mass is 32.2. The van der Waals surface area contributed by atoms with Gasteiger partial charge < -0.3 is 5.32 Å². The largest absolute Gasteiger partial charge is 0.385 e. The maximum atomic E-state index is 13.8. The Hall–Kier alpha value is -2.49. The first-order valence-corrected chi connectivity index (χ1v) is 15.2. The number of hydrogen-bond acceptors (Lipinski definition) is 6. The molecule has 0 radical (unpaired) electrons. The Morgan fingerprint density at radius 2 is 1.89 bits per heavy atom. The van der Waals surface area contributed by atoms with Crippen molar-refractivity contribution in [2.24, 2.45) is 5.14 Å². The van der Waals surface area contributed by atoms with Gasteiger partial charge in [-0.15, -0.1) is 0 Å². The summed E-state index contributed by atoms with van der Waals surface area (Å²) in [6.45, 7) is 8.90. The van der Waals surface area contributed by atoms with E-state index in [0.717, 1.165) is 46.1 Å². The van der Waals surface area contributed by atoms with E-state index in [2.05, 4.69) is 24.1 Å². The van der Waals surface area contributed by atoms with E-state index in [1.807, 2.05) is 38.1 Å². The van der Waals surface area contributed by atoms with Crippen LogP contribution in [0.1, 0.15) is 63.1 Å². The van der Waals surface area contributed by atoms with Crippen molar-refractivity contribution in [1.29, 1.82) is 4.78 Å². The van der Waals surface area contributed by atoms with Crippen LogP contribution in [-0.4, -0.2) is 29.9 Å². The summed E-state index contributed by atoms with van der Waals surface area (Å²) in [6, 6.07) is 9.41. The van der Waals surface area contributed by atoms with Gasteiger partial charge >= 0.3 is 0 Å². The molecule has 1 atom stereocenters. The van der Waals surface area contributed by atoms with Gasteiger partial charge in [-0.1, -0.05) is 27.7 Å². The van der Waals surface area contributed by atoms with Gasteiger partial charge in [0, 0.05) is 41.2 Å². The summed E-state index contributed by atoms with van der Waals surface area (Å²) < 4.78 is 47.5. The van der Waals surface area contributed by atoms with Gasteiger partial charge in [0.1, 0.15) is 0 Å². The first-order valence-electron chi connectivity index (χ1n) is 11.9. The third kappa shape index (κ3) is 5.22. The molecule has 4 rings (SSSR count). The number of benzene rings is 2. The molecule has 0 fully saturated rings. The van der Waals surface area contributed by atoms with E-state index in [1.54, 1.807) is 18.5 Å². The zero-order valence-corrected chi connectivity index (χ0v) is 22.4. The molecule has 7 nitrogen and oxygen atoms in total. The average Bonchev–Trinajstić information content (AvgIpc) is 2.80. The number of pyridine rings is 1. The molecular formula is C26H34N4O3S2. The number of hydrogen-bond donors (Lipinski definition) is 3. The average molecular weight is 515 g/mol. The second kappa shape index (κ2) is 9.19. The number of anilines is 1. The van der Waals surface area contributed by atoms with Gasteiger partial charge in [-0.2, -0.15) is 0 Å². The molecule has 0 aliphatic carbocycles. The fraction of sp³-hybridized carbons (Fsp3) is 0.423. The van der Waals surface area contributed by atoms with Crippen LogP contribution in [0.15, 0.2) is 52.5 Å². The molecule has 0 bridgehead atoms. The summed E-state index contributed by atoms with van der Waals surface area (Å²) in [7, 11) is -7.02. The van der Waals surface area contributed by atoms with E-state index in [-0.39, 0.29) is 16.6 Å². The second-order valence-corrected chi connectivity index (χ2v) is 14.1. The summed E-state index contributed by atoms with van der Waals surface area (Å²) in [4.78, 5) is 4.89. The molecule has 0 spiro atoms. The van der Waals surface area contributed by atoms with Gasteiger partial charge in [0.05, 0.1) is 19.5 Å². The monoisotopic (exact) mass is 514 g/mol. The third-order valence-electron chi connectivity index (χ3n) is 6.99. The SMILES string of the molecule is CC(C)c1cc(S(=N)(=O)CCC(C)(C)c2cc3c(c(S(N)(=O)=O)c2)CCCN3)c2ccncc2c1. The maximum absolute atomic E-state index is 13.8. The van der Waals surface area contributed by atoms with Crippen LogP contribution in [0, 0.1) is 4.78 Å². The van der Waals surface area contributed by atoms with Gasteiger partial charge in [-0.25, -0.2) is 22.5 Å². The third-order valence-corrected chi connectivity index (χ3v) is 9.79. The van der Waals surface area contributed by atoms with Crippen LogP contribution in [-0.2, 0) is 31.6 Å². The van der Waals surface area contributed by atoms with E-state index in [4.69, 9.17) is 9.92 Å². The minimum Gasteiger partial charge on any atom is -0.385 e. The lowest BCUT2D eigenvalue weighted by Crippen LogP contribution is -2.25. The lowest BCUT2D eigenvalue weighted by Gasteiger charge is -2.29. The summed E-state index contributed by atoms with van der Waals surface area (Å²) in [5.41, 5.74) is 2.83. The lowest BCUT2D eigenvalue weighted by molar-refractivity contribution is 0.504. The Kier molecular flexibility index (Phi) is 6.72. The van der Waals surface area contributed by atoms with Crippen molar-refractivity contribution in [2.75, 3.05) is 17.6 Å². The van der Waals surface area contributed by atoms with Crippen LogP contribution in [0.2, 0.25) is 0 Å². The molecule has 3 aromatic rings. The minimum absolute atomic E-state index is 0.147. The first-order chi connectivity index (χ1) is 16.3. The molecule has 0 amide bonds. The van der Waals surface area contributed by atoms with Gasteiger partial charge in [0.15, 0.2) is 0 Å². The minimum atomic E-state index is -3.89. The van der Waals surface area contributed by atoms with E-state index < -0.39 is 25.2 Å². The van der Waals surface area contributed by atoms with Crippen molar-refractivity contribution < 1.29 is 12.6 Å². The smallest absolute Gasteiger partial charge is 0.238 e. The predicted molar refractivity (Wildman–Crippen MR) is 142 cm³/mol. The molecule has 188 valence electrons. The van der Waals surface area contributed by atoms with Crippen LogP contribution < -0.4 is 10.5 Å². The Morgan fingerprint density at radius 1 is 1.14 bits per heavy atom. The molecule has 1 aliphatic heterocycles. The number of fused-ring (bicyclic) bond motifs is 2. The molecule has 1 unspecified atom stereocenters. The number of aromatic nitrogens is 1. The molecule has 4 N–H and O–H groups in total. The van der Waals surface area contributed by atoms with Crippen molar-refractivity contribution in [1.82, 2.24) is 4.98 Å². The van der Waals surface area contributed by atoms with Crippen molar-refractivity contribution >= 4 is 36.2 Å². The molecule has 0 saturated carbocycles. The second-order valence-electron chi connectivity index (χ2n) is 10.4. The van der Waals surface area contributed by atoms with Crippen LogP contribution in [0.25, 0.3) is 10.8 Å². The summed E-state index contributed by atoms with van der Waals surface area (Å²) in [5.74, 6) is 0.374. The van der Waals surface area contributed by atoms with Crippen molar-refractivity contribution in [3.8, 4) is 0 Å². The number of nitrogens with two attached hydrogens (primary N) is 1. The van der Waals surface area contributed by atoms with E-state index in [0.29, 0.717) is 17.7 Å². The van der Waals surface area contributed by atoms with Crippen LogP contribution in [0.4, 0.5) is 5.69 Å². The van der Waals surface area contributed by atoms with Gasteiger partial charge in [0.25, 0.3) is 0 Å². The zero-order valence-electron chi connectivity index (χ0n) is 20.7. The number of nitrogens with one attached hydrogen (secondary N) is 2. The summed E-state index contributed by atoms with van der Waals surface area (Å²) >= 11 is 0. The topological polar surface area (TPSA) is 126 Å². The summed E-state index contributed by atoms with van der Waals surface area (Å²) in [6.07, 6.45) is 5.35. The number of primary sulfonamides is 1. The molecule has 2 aromatic carbocycles. The predicted octanol–water partition coefficient (Wildman–Crippen LogP) is 5.14. The van der Waals surface area contributed by atoms with Crippen LogP contribution in [0.3, 0.4) is 0 Å². The van der Waals surface area contributed by atoms with Crippen LogP contribution >= 0.6 is 0 Å². The normalized spacial score (nSPS) is 16.1. The van der Waals surface area contributed by atoms with Gasteiger partial charge in [-0.3, -0.25) is 4.98 Å². The molecule has 0 saturated heterocycles. The molecule has 1 aromatic heterocycles. The quantitative estimate of drug-likeness (QED) is 0.403. The zero-order chi connectivity index (χ0) is 25.6. The maximum Gasteiger partial charge on any atom is 0.238 e. The molecule has 2 heterocycles. The van der Waals surface area contributed by atoms with Gasteiger partial charge in [-0.05, 0) is 77.6 Å². The lowest BCUT2D eigenvalue weighted by atomic mass is 9.81. The van der Waals surface area contributed by atoms with Crippen molar-refractivity contribution in [3.05, 3.63) is 59.4 Å². The number of nitrogens with zero attached hydrogens (tertiary/aromatic N) is 1. The number of rotatable bonds is 7. The fourth-order valence-corrected chi connectivity index (χ4v) is 7.38. The highest BCUT2D eigenvalue weighted by molar-refractivity contribution is 7.92. The first kappa shape index (κ1) is 25.6. The molecule has 1 aliphatic rings. The highest BCUT2D eigenvalue weighted by Gasteiger charge is 2.29. The highest BCUT2D eigenvalue weighted by Crippen LogP contribution is 2.37. The Balaban J connectivity index is 1.71. The van der Waals surface area contributed by atoms with E-state index in [1.165, 1.54) is 0 Å². The van der Waals surface area contributed by atoms with Crippen molar-refractivity contribution in [3.63, 3.8) is 0 Å². The van der Waals surface area contributed by atoms with Crippen LogP contribution in [0.5, 0.6) is 0 Å². The van der Waals surface area contributed by atoms with E-state index >= 15 is 0 Å². The molecule has 35 heavy (non-hydrogen) atoms. The Bertz CT molecular complexity index is 1490. The molecular weight excluding hydrogens is 480 g/mol.